The van der Waals surface area contributed by atoms with Crippen LogP contribution in [-0.2, 0) is 4.79 Å². The lowest BCUT2D eigenvalue weighted by Crippen LogP contribution is -2.41. The van der Waals surface area contributed by atoms with Gasteiger partial charge in [0.2, 0.25) is 0 Å². The van der Waals surface area contributed by atoms with E-state index in [1.165, 1.54) is 19.3 Å². The molecule has 4 N–H and O–H groups in total. The number of benzene rings is 2. The highest BCUT2D eigenvalue weighted by molar-refractivity contribution is 6.05. The standard InChI is InChI=1S/C24H29N3O4/c1-16(20(13-25)24(31)26-14-22(29)23(30)15-28)18-9-8-17-6-5-7-21(19(17)12-18)27-10-3-2-4-11-27/h5-9,12,22-23,28-30H,2-4,10-11,14-15H2,1H3,(H,26,31)/b20-16+. The van der Waals surface area contributed by atoms with Crippen LogP contribution >= 0.6 is 0 Å². The van der Waals surface area contributed by atoms with Gasteiger partial charge < -0.3 is 25.5 Å². The van der Waals surface area contributed by atoms with Crippen molar-refractivity contribution in [2.75, 3.05) is 31.1 Å². The molecule has 1 aliphatic rings. The monoisotopic (exact) mass is 423 g/mol. The Bertz CT molecular complexity index is 1010. The Morgan fingerprint density at radius 2 is 1.90 bits per heavy atom. The van der Waals surface area contributed by atoms with Gasteiger partial charge in [0.15, 0.2) is 0 Å². The average molecular weight is 424 g/mol. The van der Waals surface area contributed by atoms with Crippen molar-refractivity contribution < 1.29 is 20.1 Å². The van der Waals surface area contributed by atoms with Crippen LogP contribution < -0.4 is 10.2 Å². The van der Waals surface area contributed by atoms with Gasteiger partial charge in [-0.1, -0.05) is 24.3 Å². The van der Waals surface area contributed by atoms with Crippen LogP contribution in [0.3, 0.4) is 0 Å². The average Bonchev–Trinajstić information content (AvgIpc) is 2.82. The molecule has 0 aliphatic carbocycles. The number of amides is 1. The van der Waals surface area contributed by atoms with E-state index in [2.05, 4.69) is 28.4 Å². The number of nitrogens with zero attached hydrogens (tertiary/aromatic N) is 2. The number of anilines is 1. The molecule has 0 spiro atoms. The predicted molar refractivity (Wildman–Crippen MR) is 120 cm³/mol. The van der Waals surface area contributed by atoms with Gasteiger partial charge in [-0.15, -0.1) is 0 Å². The number of nitriles is 1. The van der Waals surface area contributed by atoms with Gasteiger partial charge in [-0.05, 0) is 54.8 Å². The number of allylic oxidation sites excluding steroid dienone is 1. The lowest BCUT2D eigenvalue weighted by Gasteiger charge is -2.30. The third-order valence-corrected chi connectivity index (χ3v) is 5.81. The van der Waals surface area contributed by atoms with E-state index in [9.17, 15) is 20.3 Å². The number of rotatable bonds is 7. The van der Waals surface area contributed by atoms with Gasteiger partial charge in [-0.3, -0.25) is 4.79 Å². The molecule has 0 aromatic heterocycles. The number of fused-ring (bicyclic) bond motifs is 1. The van der Waals surface area contributed by atoms with Crippen LogP contribution in [0.25, 0.3) is 16.3 Å². The van der Waals surface area contributed by atoms with Crippen LogP contribution in [0, 0.1) is 11.3 Å². The summed E-state index contributed by atoms with van der Waals surface area (Å²) in [4.78, 5) is 14.9. The van der Waals surface area contributed by atoms with Crippen molar-refractivity contribution >= 4 is 27.9 Å². The summed E-state index contributed by atoms with van der Waals surface area (Å²) in [5.41, 5.74) is 2.42. The van der Waals surface area contributed by atoms with Crippen LogP contribution in [-0.4, -0.2) is 59.7 Å². The maximum atomic E-state index is 12.5. The Morgan fingerprint density at radius 3 is 2.58 bits per heavy atom. The van der Waals surface area contributed by atoms with Crippen molar-refractivity contribution in [2.45, 2.75) is 38.4 Å². The number of aliphatic hydroxyl groups is 3. The molecule has 3 rings (SSSR count). The summed E-state index contributed by atoms with van der Waals surface area (Å²) in [6.45, 7) is 2.88. The number of carbonyl (C=O) groups excluding carboxylic acids is 1. The number of aliphatic hydroxyl groups excluding tert-OH is 3. The molecule has 2 atom stereocenters. The Labute approximate surface area is 182 Å². The van der Waals surface area contributed by atoms with E-state index < -0.39 is 24.7 Å². The largest absolute Gasteiger partial charge is 0.394 e. The van der Waals surface area contributed by atoms with Crippen LogP contribution in [0.5, 0.6) is 0 Å². The molecule has 164 valence electrons. The summed E-state index contributed by atoms with van der Waals surface area (Å²) in [6.07, 6.45) is 0.917. The lowest BCUT2D eigenvalue weighted by atomic mass is 9.97. The molecule has 1 saturated heterocycles. The Kier molecular flexibility index (Phi) is 7.64. The van der Waals surface area contributed by atoms with E-state index in [0.29, 0.717) is 5.57 Å². The molecule has 1 aliphatic heterocycles. The zero-order valence-corrected chi connectivity index (χ0v) is 17.7. The highest BCUT2D eigenvalue weighted by Crippen LogP contribution is 2.32. The van der Waals surface area contributed by atoms with Crippen molar-refractivity contribution in [1.82, 2.24) is 5.32 Å². The maximum absolute atomic E-state index is 12.5. The summed E-state index contributed by atoms with van der Waals surface area (Å²) < 4.78 is 0. The number of nitrogens with one attached hydrogen (secondary N) is 1. The summed E-state index contributed by atoms with van der Waals surface area (Å²) in [7, 11) is 0. The molecule has 0 bridgehead atoms. The van der Waals surface area contributed by atoms with Crippen molar-refractivity contribution in [3.8, 4) is 6.07 Å². The van der Waals surface area contributed by atoms with Crippen molar-refractivity contribution in [1.29, 1.82) is 5.26 Å². The Hall–Kier alpha value is -2.92. The normalized spacial score (nSPS) is 16.9. The first-order chi connectivity index (χ1) is 15.0. The molecule has 1 amide bonds. The van der Waals surface area contributed by atoms with Crippen LogP contribution in [0.1, 0.15) is 31.7 Å². The van der Waals surface area contributed by atoms with Crippen molar-refractivity contribution in [3.05, 3.63) is 47.5 Å². The van der Waals surface area contributed by atoms with Gasteiger partial charge in [0, 0.05) is 30.7 Å². The van der Waals surface area contributed by atoms with E-state index in [1.54, 1.807) is 6.92 Å². The fraction of sp³-hybridized carbons (Fsp3) is 0.417. The van der Waals surface area contributed by atoms with Gasteiger partial charge in [0.1, 0.15) is 17.7 Å². The maximum Gasteiger partial charge on any atom is 0.262 e. The Morgan fingerprint density at radius 1 is 1.16 bits per heavy atom. The molecule has 0 radical (unpaired) electrons. The third-order valence-electron chi connectivity index (χ3n) is 5.81. The quantitative estimate of drug-likeness (QED) is 0.400. The molecule has 2 unspecified atom stereocenters. The first-order valence-electron chi connectivity index (χ1n) is 10.6. The van der Waals surface area contributed by atoms with Gasteiger partial charge in [-0.2, -0.15) is 5.26 Å². The van der Waals surface area contributed by atoms with E-state index in [4.69, 9.17) is 5.11 Å². The molecule has 7 nitrogen and oxygen atoms in total. The van der Waals surface area contributed by atoms with Gasteiger partial charge >= 0.3 is 0 Å². The minimum absolute atomic E-state index is 0.0551. The van der Waals surface area contributed by atoms with E-state index in [-0.39, 0.29) is 12.1 Å². The molecule has 7 heteroatoms. The molecule has 31 heavy (non-hydrogen) atoms. The second kappa shape index (κ2) is 10.4. The topological polar surface area (TPSA) is 117 Å². The minimum Gasteiger partial charge on any atom is -0.394 e. The lowest BCUT2D eigenvalue weighted by molar-refractivity contribution is -0.118. The molecule has 1 heterocycles. The molecule has 0 saturated carbocycles. The highest BCUT2D eigenvalue weighted by Gasteiger charge is 2.20. The third kappa shape index (κ3) is 5.23. The fourth-order valence-corrected chi connectivity index (χ4v) is 3.89. The number of carbonyl (C=O) groups is 1. The fourth-order valence-electron chi connectivity index (χ4n) is 3.89. The molecule has 2 aromatic rings. The van der Waals surface area contributed by atoms with Gasteiger partial charge in [0.25, 0.3) is 5.91 Å². The number of hydrogen-bond acceptors (Lipinski definition) is 6. The zero-order valence-electron chi connectivity index (χ0n) is 17.7. The second-order valence-corrected chi connectivity index (χ2v) is 7.90. The second-order valence-electron chi connectivity index (χ2n) is 7.90. The van der Waals surface area contributed by atoms with Crippen molar-refractivity contribution in [3.63, 3.8) is 0 Å². The minimum atomic E-state index is -1.36. The van der Waals surface area contributed by atoms with E-state index >= 15 is 0 Å². The van der Waals surface area contributed by atoms with E-state index in [1.807, 2.05) is 24.3 Å². The first-order valence-corrected chi connectivity index (χ1v) is 10.6. The van der Waals surface area contributed by atoms with Gasteiger partial charge in [0.05, 0.1) is 12.7 Å². The van der Waals surface area contributed by atoms with Crippen molar-refractivity contribution in [2.24, 2.45) is 0 Å². The number of hydrogen-bond donors (Lipinski definition) is 4. The molecular weight excluding hydrogens is 394 g/mol. The zero-order chi connectivity index (χ0) is 22.4. The summed E-state index contributed by atoms with van der Waals surface area (Å²) in [5.74, 6) is -0.631. The SMILES string of the molecule is C/C(=C(/C#N)C(=O)NCC(O)C(O)CO)c1ccc2cccc(N3CCCCC3)c2c1. The first kappa shape index (κ1) is 22.8. The van der Waals surface area contributed by atoms with Crippen LogP contribution in [0.15, 0.2) is 42.0 Å². The molecule has 1 fully saturated rings. The molecule has 2 aromatic carbocycles. The Balaban J connectivity index is 1.90. The molecular formula is C24H29N3O4. The predicted octanol–water partition coefficient (Wildman–Crippen LogP) is 1.96. The van der Waals surface area contributed by atoms with Crippen LogP contribution in [0.4, 0.5) is 5.69 Å². The van der Waals surface area contributed by atoms with Gasteiger partial charge in [-0.25, -0.2) is 0 Å². The number of piperidine rings is 1. The smallest absolute Gasteiger partial charge is 0.262 e. The summed E-state index contributed by atoms with van der Waals surface area (Å²) >= 11 is 0. The van der Waals surface area contributed by atoms with E-state index in [0.717, 1.165) is 35.1 Å². The summed E-state index contributed by atoms with van der Waals surface area (Å²) in [6, 6.07) is 14.1. The highest BCUT2D eigenvalue weighted by atomic mass is 16.4. The summed E-state index contributed by atoms with van der Waals surface area (Å²) in [5, 5.41) is 42.3. The van der Waals surface area contributed by atoms with Crippen LogP contribution in [0.2, 0.25) is 0 Å².